The Kier molecular flexibility index (Phi) is 4.64. The lowest BCUT2D eigenvalue weighted by Crippen LogP contribution is -2.04. The molecule has 0 spiro atoms. The van der Waals surface area contributed by atoms with Crippen molar-refractivity contribution in [3.8, 4) is 6.07 Å². The molecule has 2 aromatic carbocycles. The second kappa shape index (κ2) is 7.02. The number of nitrogens with zero attached hydrogens (tertiary/aromatic N) is 2. The minimum atomic E-state index is 0.320. The molecule has 3 rings (SSSR count). The molecule has 1 aromatic heterocycles. The Morgan fingerprint density at radius 3 is 2.29 bits per heavy atom. The van der Waals surface area contributed by atoms with Gasteiger partial charge in [-0.25, -0.2) is 4.98 Å². The molecule has 0 aliphatic carbocycles. The van der Waals surface area contributed by atoms with E-state index in [4.69, 9.17) is 5.73 Å². The Hall–Kier alpha value is -3.04. The van der Waals surface area contributed by atoms with Gasteiger partial charge in [-0.1, -0.05) is 34.1 Å². The van der Waals surface area contributed by atoms with E-state index in [1.807, 2.05) is 54.6 Å². The summed E-state index contributed by atoms with van der Waals surface area (Å²) in [7, 11) is 0. The summed E-state index contributed by atoms with van der Waals surface area (Å²) in [5.41, 5.74) is 8.41. The molecule has 0 aliphatic heterocycles. The molecule has 0 atom stereocenters. The number of pyridine rings is 1. The summed E-state index contributed by atoms with van der Waals surface area (Å²) < 4.78 is 0.992. The van der Waals surface area contributed by atoms with Crippen LogP contribution in [0.2, 0.25) is 0 Å². The lowest BCUT2D eigenvalue weighted by molar-refractivity contribution is 1.28. The molecule has 118 valence electrons. The number of rotatable bonds is 4. The maximum absolute atomic E-state index is 9.35. The maximum atomic E-state index is 9.35. The van der Waals surface area contributed by atoms with Crippen LogP contribution in [0.3, 0.4) is 0 Å². The maximum Gasteiger partial charge on any atom is 0.152 e. The van der Waals surface area contributed by atoms with E-state index < -0.39 is 0 Å². The van der Waals surface area contributed by atoms with Crippen LogP contribution in [-0.4, -0.2) is 4.98 Å². The molecule has 0 saturated carbocycles. The number of aromatic nitrogens is 1. The number of para-hydroxylation sites is 1. The van der Waals surface area contributed by atoms with Crippen molar-refractivity contribution in [1.82, 2.24) is 4.98 Å². The largest absolute Gasteiger partial charge is 0.397 e. The molecule has 24 heavy (non-hydrogen) atoms. The van der Waals surface area contributed by atoms with E-state index in [9.17, 15) is 5.26 Å². The van der Waals surface area contributed by atoms with Crippen molar-refractivity contribution >= 4 is 44.6 Å². The van der Waals surface area contributed by atoms with Gasteiger partial charge in [0.15, 0.2) is 5.82 Å². The molecule has 0 fully saturated rings. The molecular formula is C18H14BrN5. The zero-order chi connectivity index (χ0) is 16.9. The van der Waals surface area contributed by atoms with Crippen LogP contribution in [0.25, 0.3) is 0 Å². The quantitative estimate of drug-likeness (QED) is 0.606. The second-order valence-corrected chi connectivity index (χ2v) is 5.97. The minimum Gasteiger partial charge on any atom is -0.397 e. The molecule has 5 nitrogen and oxygen atoms in total. The van der Waals surface area contributed by atoms with Crippen molar-refractivity contribution in [2.45, 2.75) is 0 Å². The van der Waals surface area contributed by atoms with Crippen molar-refractivity contribution in [2.24, 2.45) is 0 Å². The normalized spacial score (nSPS) is 10.0. The third kappa shape index (κ3) is 3.65. The topological polar surface area (TPSA) is 86.8 Å². The molecule has 0 radical (unpaired) electrons. The van der Waals surface area contributed by atoms with Crippen LogP contribution in [0, 0.1) is 11.3 Å². The molecule has 3 aromatic rings. The molecule has 4 N–H and O–H groups in total. The highest BCUT2D eigenvalue weighted by Gasteiger charge is 2.11. The first-order valence-electron chi connectivity index (χ1n) is 7.21. The first kappa shape index (κ1) is 15.8. The lowest BCUT2D eigenvalue weighted by Gasteiger charge is -2.13. The summed E-state index contributed by atoms with van der Waals surface area (Å²) in [6.45, 7) is 0. The van der Waals surface area contributed by atoms with Gasteiger partial charge in [0.1, 0.15) is 17.5 Å². The minimum absolute atomic E-state index is 0.320. The summed E-state index contributed by atoms with van der Waals surface area (Å²) in [4.78, 5) is 4.48. The predicted molar refractivity (Wildman–Crippen MR) is 101 cm³/mol. The van der Waals surface area contributed by atoms with Gasteiger partial charge in [0.05, 0.1) is 5.69 Å². The molecule has 0 amide bonds. The standard InChI is InChI=1S/C18H14BrN5/c19-12-6-8-14(9-7-12)22-17-10-16(21)15(11-20)18(24-17)23-13-4-2-1-3-5-13/h1-10H,(H4,21,22,23,24). The predicted octanol–water partition coefficient (Wildman–Crippen LogP) is 4.79. The highest BCUT2D eigenvalue weighted by molar-refractivity contribution is 9.10. The lowest BCUT2D eigenvalue weighted by atomic mass is 10.2. The number of nitrogen functional groups attached to an aromatic ring is 1. The van der Waals surface area contributed by atoms with Gasteiger partial charge in [-0.3, -0.25) is 0 Å². The van der Waals surface area contributed by atoms with Gasteiger partial charge in [0, 0.05) is 21.9 Å². The van der Waals surface area contributed by atoms with Crippen molar-refractivity contribution < 1.29 is 0 Å². The van der Waals surface area contributed by atoms with E-state index in [0.29, 0.717) is 22.9 Å². The SMILES string of the molecule is N#Cc1c(N)cc(Nc2ccc(Br)cc2)nc1Nc1ccccc1. The van der Waals surface area contributed by atoms with Crippen molar-refractivity contribution in [1.29, 1.82) is 5.26 Å². The summed E-state index contributed by atoms with van der Waals surface area (Å²) in [6, 6.07) is 21.0. The number of anilines is 5. The smallest absolute Gasteiger partial charge is 0.152 e. The summed E-state index contributed by atoms with van der Waals surface area (Å²) in [5.74, 6) is 0.982. The van der Waals surface area contributed by atoms with Crippen LogP contribution < -0.4 is 16.4 Å². The number of nitriles is 1. The highest BCUT2D eigenvalue weighted by Crippen LogP contribution is 2.27. The average molecular weight is 380 g/mol. The van der Waals surface area contributed by atoms with E-state index in [1.165, 1.54) is 0 Å². The van der Waals surface area contributed by atoms with Gasteiger partial charge in [-0.2, -0.15) is 5.26 Å². The zero-order valence-corrected chi connectivity index (χ0v) is 14.2. The van der Waals surface area contributed by atoms with Crippen LogP contribution in [0.4, 0.5) is 28.7 Å². The number of nitrogens with two attached hydrogens (primary N) is 1. The summed E-state index contributed by atoms with van der Waals surface area (Å²) in [6.07, 6.45) is 0. The van der Waals surface area contributed by atoms with Gasteiger partial charge < -0.3 is 16.4 Å². The molecule has 0 aliphatic rings. The van der Waals surface area contributed by atoms with E-state index in [1.54, 1.807) is 6.07 Å². The van der Waals surface area contributed by atoms with Gasteiger partial charge in [0.2, 0.25) is 0 Å². The fourth-order valence-corrected chi connectivity index (χ4v) is 2.44. The number of hydrogen-bond donors (Lipinski definition) is 3. The van der Waals surface area contributed by atoms with Gasteiger partial charge in [-0.05, 0) is 36.4 Å². The summed E-state index contributed by atoms with van der Waals surface area (Å²) in [5, 5.41) is 15.7. The molecule has 0 saturated heterocycles. The molecular weight excluding hydrogens is 366 g/mol. The van der Waals surface area contributed by atoms with Gasteiger partial charge in [-0.15, -0.1) is 0 Å². The van der Waals surface area contributed by atoms with E-state index in [2.05, 4.69) is 37.6 Å². The Morgan fingerprint density at radius 2 is 1.62 bits per heavy atom. The zero-order valence-electron chi connectivity index (χ0n) is 12.6. The van der Waals surface area contributed by atoms with E-state index in [-0.39, 0.29) is 0 Å². The van der Waals surface area contributed by atoms with Crippen LogP contribution in [0.1, 0.15) is 5.56 Å². The molecule has 0 bridgehead atoms. The van der Waals surface area contributed by atoms with Crippen molar-refractivity contribution in [3.05, 3.63) is 70.7 Å². The number of halogens is 1. The second-order valence-electron chi connectivity index (χ2n) is 5.06. The van der Waals surface area contributed by atoms with Crippen LogP contribution in [0.5, 0.6) is 0 Å². The third-order valence-corrected chi connectivity index (χ3v) is 3.84. The number of benzene rings is 2. The Morgan fingerprint density at radius 1 is 0.958 bits per heavy atom. The fourth-order valence-electron chi connectivity index (χ4n) is 2.18. The van der Waals surface area contributed by atoms with Gasteiger partial charge >= 0.3 is 0 Å². The molecule has 1 heterocycles. The van der Waals surface area contributed by atoms with Crippen molar-refractivity contribution in [3.63, 3.8) is 0 Å². The Labute approximate surface area is 148 Å². The van der Waals surface area contributed by atoms with E-state index >= 15 is 0 Å². The fraction of sp³-hybridized carbons (Fsp3) is 0. The van der Waals surface area contributed by atoms with Crippen molar-refractivity contribution in [2.75, 3.05) is 16.4 Å². The highest BCUT2D eigenvalue weighted by atomic mass is 79.9. The number of hydrogen-bond acceptors (Lipinski definition) is 5. The molecule has 0 unspecified atom stereocenters. The average Bonchev–Trinajstić information content (AvgIpc) is 2.58. The first-order valence-corrected chi connectivity index (χ1v) is 8.00. The van der Waals surface area contributed by atoms with Crippen LogP contribution in [0.15, 0.2) is 65.1 Å². The van der Waals surface area contributed by atoms with E-state index in [0.717, 1.165) is 15.8 Å². The monoisotopic (exact) mass is 379 g/mol. The van der Waals surface area contributed by atoms with Gasteiger partial charge in [0.25, 0.3) is 0 Å². The number of nitrogens with one attached hydrogen (secondary N) is 2. The van der Waals surface area contributed by atoms with Crippen LogP contribution >= 0.6 is 15.9 Å². The Bertz CT molecular complexity index is 886. The van der Waals surface area contributed by atoms with Crippen LogP contribution in [-0.2, 0) is 0 Å². The first-order chi connectivity index (χ1) is 11.7. The summed E-state index contributed by atoms with van der Waals surface area (Å²) >= 11 is 3.40. The third-order valence-electron chi connectivity index (χ3n) is 3.31. The molecule has 6 heteroatoms. The Balaban J connectivity index is 1.94.